The predicted molar refractivity (Wildman–Crippen MR) is 66.2 cm³/mol. The van der Waals surface area contributed by atoms with E-state index in [2.05, 4.69) is 24.5 Å². The first-order chi connectivity index (χ1) is 8.30. The van der Waals surface area contributed by atoms with Crippen molar-refractivity contribution in [3.05, 3.63) is 0 Å². The maximum Gasteiger partial charge on any atom is 0.332 e. The second-order valence-electron chi connectivity index (χ2n) is 5.65. The number of rotatable bonds is 5. The molecule has 2 unspecified atom stereocenters. The first kappa shape index (κ1) is 14.8. The van der Waals surface area contributed by atoms with Gasteiger partial charge in [0.25, 0.3) is 0 Å². The highest BCUT2D eigenvalue weighted by atomic mass is 16.4. The van der Waals surface area contributed by atoms with Gasteiger partial charge in [-0.25, -0.2) is 9.59 Å². The summed E-state index contributed by atoms with van der Waals surface area (Å²) in [5.74, 6) is -1.27. The van der Waals surface area contributed by atoms with Gasteiger partial charge >= 0.3 is 12.0 Å². The van der Waals surface area contributed by atoms with E-state index >= 15 is 0 Å². The molecule has 1 saturated carbocycles. The van der Waals surface area contributed by atoms with Crippen LogP contribution in [-0.2, 0) is 4.79 Å². The molecule has 0 aromatic carbocycles. The van der Waals surface area contributed by atoms with Gasteiger partial charge in [-0.15, -0.1) is 0 Å². The SMILES string of the molecule is CC1(C)CCC(NC(=O)NCCC(O)C(=O)O)C1. The van der Waals surface area contributed by atoms with Crippen molar-refractivity contribution in [3.8, 4) is 0 Å². The number of carboxylic acid groups (broad SMARTS) is 1. The van der Waals surface area contributed by atoms with Crippen LogP contribution in [0.3, 0.4) is 0 Å². The fraction of sp³-hybridized carbons (Fsp3) is 0.833. The first-order valence-corrected chi connectivity index (χ1v) is 6.25. The van der Waals surface area contributed by atoms with Gasteiger partial charge in [0.2, 0.25) is 0 Å². The minimum Gasteiger partial charge on any atom is -0.479 e. The van der Waals surface area contributed by atoms with Gasteiger partial charge in [-0.2, -0.15) is 0 Å². The fourth-order valence-electron chi connectivity index (χ4n) is 2.24. The van der Waals surface area contributed by atoms with Gasteiger partial charge in [0.1, 0.15) is 0 Å². The zero-order valence-electron chi connectivity index (χ0n) is 10.9. The number of carboxylic acids is 1. The Labute approximate surface area is 107 Å². The molecule has 0 spiro atoms. The summed E-state index contributed by atoms with van der Waals surface area (Å²) < 4.78 is 0. The van der Waals surface area contributed by atoms with Crippen molar-refractivity contribution in [1.82, 2.24) is 10.6 Å². The summed E-state index contributed by atoms with van der Waals surface area (Å²) in [4.78, 5) is 21.9. The summed E-state index contributed by atoms with van der Waals surface area (Å²) >= 11 is 0. The topological polar surface area (TPSA) is 98.7 Å². The van der Waals surface area contributed by atoms with Crippen molar-refractivity contribution in [2.75, 3.05) is 6.54 Å². The van der Waals surface area contributed by atoms with E-state index in [0.29, 0.717) is 0 Å². The van der Waals surface area contributed by atoms with Gasteiger partial charge < -0.3 is 20.8 Å². The van der Waals surface area contributed by atoms with Gasteiger partial charge in [-0.05, 0) is 24.7 Å². The zero-order valence-corrected chi connectivity index (χ0v) is 10.9. The van der Waals surface area contributed by atoms with Crippen LogP contribution in [0.2, 0.25) is 0 Å². The second-order valence-corrected chi connectivity index (χ2v) is 5.65. The van der Waals surface area contributed by atoms with Crippen LogP contribution in [0, 0.1) is 5.41 Å². The zero-order chi connectivity index (χ0) is 13.8. The molecule has 1 fully saturated rings. The Morgan fingerprint density at radius 1 is 1.44 bits per heavy atom. The van der Waals surface area contributed by atoms with Gasteiger partial charge in [-0.3, -0.25) is 0 Å². The number of aliphatic hydroxyl groups excluding tert-OH is 1. The molecule has 0 aromatic heterocycles. The number of hydrogen-bond donors (Lipinski definition) is 4. The number of aliphatic hydroxyl groups is 1. The molecule has 0 bridgehead atoms. The van der Waals surface area contributed by atoms with E-state index in [-0.39, 0.29) is 30.5 Å². The highest BCUT2D eigenvalue weighted by Crippen LogP contribution is 2.36. The number of nitrogens with one attached hydrogen (secondary N) is 2. The summed E-state index contributed by atoms with van der Waals surface area (Å²) in [6.07, 6.45) is 1.61. The lowest BCUT2D eigenvalue weighted by Crippen LogP contribution is -2.42. The van der Waals surface area contributed by atoms with Gasteiger partial charge in [0.05, 0.1) is 0 Å². The van der Waals surface area contributed by atoms with E-state index in [1.807, 2.05) is 0 Å². The normalized spacial score (nSPS) is 23.4. The Morgan fingerprint density at radius 2 is 2.11 bits per heavy atom. The van der Waals surface area contributed by atoms with Crippen LogP contribution >= 0.6 is 0 Å². The first-order valence-electron chi connectivity index (χ1n) is 6.25. The largest absolute Gasteiger partial charge is 0.479 e. The van der Waals surface area contributed by atoms with Crippen molar-refractivity contribution in [1.29, 1.82) is 0 Å². The standard InChI is InChI=1S/C12H22N2O4/c1-12(2)5-3-8(7-12)14-11(18)13-6-4-9(15)10(16)17/h8-9,15H,3-7H2,1-2H3,(H,16,17)(H2,13,14,18). The van der Waals surface area contributed by atoms with E-state index < -0.39 is 12.1 Å². The van der Waals surface area contributed by atoms with E-state index in [4.69, 9.17) is 10.2 Å². The van der Waals surface area contributed by atoms with E-state index in [9.17, 15) is 9.59 Å². The molecule has 0 heterocycles. The number of aliphatic carboxylic acids is 1. The lowest BCUT2D eigenvalue weighted by Gasteiger charge is -2.18. The van der Waals surface area contributed by atoms with Crippen LogP contribution in [0.1, 0.15) is 39.5 Å². The monoisotopic (exact) mass is 258 g/mol. The summed E-state index contributed by atoms with van der Waals surface area (Å²) in [6, 6.07) is -0.111. The Morgan fingerprint density at radius 3 is 2.61 bits per heavy atom. The molecule has 18 heavy (non-hydrogen) atoms. The summed E-state index contributed by atoms with van der Waals surface area (Å²) in [5, 5.41) is 22.9. The maximum atomic E-state index is 11.5. The number of hydrogen-bond acceptors (Lipinski definition) is 3. The van der Waals surface area contributed by atoms with Crippen LogP contribution in [0.4, 0.5) is 4.79 Å². The Balaban J connectivity index is 2.17. The third-order valence-electron chi connectivity index (χ3n) is 3.29. The van der Waals surface area contributed by atoms with Crippen molar-refractivity contribution in [3.63, 3.8) is 0 Å². The van der Waals surface area contributed by atoms with E-state index in [1.165, 1.54) is 0 Å². The number of amides is 2. The molecule has 0 radical (unpaired) electrons. The maximum absolute atomic E-state index is 11.5. The summed E-state index contributed by atoms with van der Waals surface area (Å²) in [5.41, 5.74) is 0.275. The van der Waals surface area contributed by atoms with Crippen LogP contribution in [-0.4, -0.2) is 40.9 Å². The Hall–Kier alpha value is -1.30. The third kappa shape index (κ3) is 4.91. The molecule has 6 heteroatoms. The highest BCUT2D eigenvalue weighted by Gasteiger charge is 2.31. The Bertz CT molecular complexity index is 317. The van der Waals surface area contributed by atoms with Gasteiger partial charge in [0.15, 0.2) is 6.10 Å². The molecule has 2 amide bonds. The summed E-state index contributed by atoms with van der Waals surface area (Å²) in [7, 11) is 0. The molecule has 0 aromatic rings. The molecule has 0 aliphatic heterocycles. The van der Waals surface area contributed by atoms with Crippen molar-refractivity contribution >= 4 is 12.0 Å². The number of carbonyl (C=O) groups excluding carboxylic acids is 1. The highest BCUT2D eigenvalue weighted by molar-refractivity contribution is 5.74. The average molecular weight is 258 g/mol. The molecule has 2 atom stereocenters. The van der Waals surface area contributed by atoms with Crippen LogP contribution in [0.25, 0.3) is 0 Å². The second kappa shape index (κ2) is 6.04. The molecule has 104 valence electrons. The molecular weight excluding hydrogens is 236 g/mol. The predicted octanol–water partition coefficient (Wildman–Crippen LogP) is 0.700. The summed E-state index contributed by atoms with van der Waals surface area (Å²) in [6.45, 7) is 4.50. The molecule has 6 nitrogen and oxygen atoms in total. The minimum absolute atomic E-state index is 0.0128. The Kier molecular flexibility index (Phi) is 4.95. The van der Waals surface area contributed by atoms with Crippen LogP contribution in [0.15, 0.2) is 0 Å². The van der Waals surface area contributed by atoms with E-state index in [0.717, 1.165) is 19.3 Å². The molecular formula is C12H22N2O4. The van der Waals surface area contributed by atoms with Gasteiger partial charge in [0, 0.05) is 19.0 Å². The third-order valence-corrected chi connectivity index (χ3v) is 3.29. The van der Waals surface area contributed by atoms with Crippen LogP contribution in [0.5, 0.6) is 0 Å². The van der Waals surface area contributed by atoms with E-state index in [1.54, 1.807) is 0 Å². The minimum atomic E-state index is -1.42. The van der Waals surface area contributed by atoms with Crippen molar-refractivity contribution in [2.24, 2.45) is 5.41 Å². The smallest absolute Gasteiger partial charge is 0.332 e. The molecule has 1 aliphatic carbocycles. The van der Waals surface area contributed by atoms with Crippen LogP contribution < -0.4 is 10.6 Å². The lowest BCUT2D eigenvalue weighted by atomic mass is 9.92. The van der Waals surface area contributed by atoms with Crippen molar-refractivity contribution in [2.45, 2.75) is 51.7 Å². The molecule has 4 N–H and O–H groups in total. The fourth-order valence-corrected chi connectivity index (χ4v) is 2.24. The number of carbonyl (C=O) groups is 2. The lowest BCUT2D eigenvalue weighted by molar-refractivity contribution is -0.146. The quantitative estimate of drug-likeness (QED) is 0.583. The number of urea groups is 1. The van der Waals surface area contributed by atoms with Crippen molar-refractivity contribution < 1.29 is 19.8 Å². The molecule has 1 aliphatic rings. The average Bonchev–Trinajstić information content (AvgIpc) is 2.57. The molecule has 1 rings (SSSR count). The molecule has 0 saturated heterocycles. The van der Waals surface area contributed by atoms with Gasteiger partial charge in [-0.1, -0.05) is 13.8 Å².